The number of aromatic nitrogens is 2. The Labute approximate surface area is 219 Å². The number of imidazole rings is 1. The average Bonchev–Trinajstić information content (AvgIpc) is 3.26. The van der Waals surface area contributed by atoms with Gasteiger partial charge in [-0.3, -0.25) is 13.9 Å². The van der Waals surface area contributed by atoms with Gasteiger partial charge in [-0.2, -0.15) is 0 Å². The lowest BCUT2D eigenvalue weighted by molar-refractivity contribution is -0.0757. The fourth-order valence-corrected chi connectivity index (χ4v) is 5.78. The van der Waals surface area contributed by atoms with Crippen molar-refractivity contribution in [3.63, 3.8) is 0 Å². The van der Waals surface area contributed by atoms with E-state index in [2.05, 4.69) is 25.3 Å². The number of hydroxylamine groups is 2. The monoisotopic (exact) mass is 528 g/mol. The van der Waals surface area contributed by atoms with Crippen molar-refractivity contribution < 1.29 is 22.8 Å². The van der Waals surface area contributed by atoms with Crippen LogP contribution in [0, 0.1) is 5.92 Å². The van der Waals surface area contributed by atoms with Gasteiger partial charge in [0.2, 0.25) is 0 Å². The highest BCUT2D eigenvalue weighted by molar-refractivity contribution is 7.92. The van der Waals surface area contributed by atoms with Gasteiger partial charge >= 0.3 is 0 Å². The SMILES string of the molecule is CON(C)C(=O)c1ccc(S(=O)(=O)N(C)c2ccc3c(c2)nc(C(C)(C)C)n3CC2CCOCC2)cc1. The van der Waals surface area contributed by atoms with E-state index in [1.54, 1.807) is 0 Å². The molecule has 1 amide bonds. The fourth-order valence-electron chi connectivity index (χ4n) is 4.59. The summed E-state index contributed by atoms with van der Waals surface area (Å²) < 4.78 is 35.9. The molecule has 0 bridgehead atoms. The van der Waals surface area contributed by atoms with Crippen LogP contribution in [0.4, 0.5) is 5.69 Å². The lowest BCUT2D eigenvalue weighted by atomic mass is 9.94. The third-order valence-electron chi connectivity index (χ3n) is 6.87. The van der Waals surface area contributed by atoms with Gasteiger partial charge in [-0.25, -0.2) is 18.5 Å². The Hall–Kier alpha value is -2.95. The molecule has 0 atom stereocenters. The Morgan fingerprint density at radius 1 is 1.11 bits per heavy atom. The van der Waals surface area contributed by atoms with E-state index in [-0.39, 0.29) is 16.2 Å². The Balaban J connectivity index is 1.65. The number of hydrogen-bond donors (Lipinski definition) is 0. The molecule has 10 heteroatoms. The molecule has 1 aromatic heterocycles. The average molecular weight is 529 g/mol. The van der Waals surface area contributed by atoms with Crippen LogP contribution in [0.5, 0.6) is 0 Å². The number of benzene rings is 2. The number of fused-ring (bicyclic) bond motifs is 1. The van der Waals surface area contributed by atoms with E-state index in [1.165, 1.54) is 49.8 Å². The Morgan fingerprint density at radius 2 is 1.76 bits per heavy atom. The Bertz CT molecular complexity index is 1370. The topological polar surface area (TPSA) is 94.0 Å². The number of sulfonamides is 1. The summed E-state index contributed by atoms with van der Waals surface area (Å²) in [7, 11) is 0.554. The third kappa shape index (κ3) is 5.51. The van der Waals surface area contributed by atoms with Crippen LogP contribution >= 0.6 is 0 Å². The minimum atomic E-state index is -3.85. The molecule has 200 valence electrons. The van der Waals surface area contributed by atoms with Crippen LogP contribution in [0.1, 0.15) is 49.8 Å². The Kier molecular flexibility index (Phi) is 7.64. The molecule has 9 nitrogen and oxygen atoms in total. The van der Waals surface area contributed by atoms with Gasteiger partial charge in [0.25, 0.3) is 15.9 Å². The Morgan fingerprint density at radius 3 is 2.35 bits per heavy atom. The molecule has 2 heterocycles. The molecular formula is C27H36N4O5S. The highest BCUT2D eigenvalue weighted by Gasteiger charge is 2.27. The van der Waals surface area contributed by atoms with Gasteiger partial charge in [-0.15, -0.1) is 0 Å². The number of carbonyl (C=O) groups excluding carboxylic acids is 1. The lowest BCUT2D eigenvalue weighted by Gasteiger charge is -2.26. The highest BCUT2D eigenvalue weighted by atomic mass is 32.2. The second-order valence-corrected chi connectivity index (χ2v) is 12.5. The van der Waals surface area contributed by atoms with Crippen LogP contribution in [0.3, 0.4) is 0 Å². The maximum atomic E-state index is 13.4. The molecule has 37 heavy (non-hydrogen) atoms. The number of hydrogen-bond acceptors (Lipinski definition) is 6. The number of carbonyl (C=O) groups is 1. The smallest absolute Gasteiger partial charge is 0.277 e. The van der Waals surface area contributed by atoms with Crippen LogP contribution in [0.25, 0.3) is 11.0 Å². The van der Waals surface area contributed by atoms with Gasteiger partial charge in [-0.05, 0) is 61.2 Å². The summed E-state index contributed by atoms with van der Waals surface area (Å²) in [4.78, 5) is 22.2. The van der Waals surface area contributed by atoms with E-state index in [1.807, 2.05) is 18.2 Å². The first-order valence-electron chi connectivity index (χ1n) is 12.4. The predicted octanol–water partition coefficient (Wildman–Crippen LogP) is 4.22. The second kappa shape index (κ2) is 10.4. The molecule has 3 aromatic rings. The van der Waals surface area contributed by atoms with Gasteiger partial charge in [0.15, 0.2) is 0 Å². The standard InChI is InChI=1S/C27H36N4O5S/c1-27(2,3)26-28-23-17-21(9-12-24(23)31(26)18-19-13-15-36-16-14-19)30(5)37(33,34)22-10-7-20(8-11-22)25(32)29(4)35-6/h7-12,17,19H,13-16,18H2,1-6H3. The van der Waals surface area contributed by atoms with Crippen LogP contribution < -0.4 is 4.31 Å². The van der Waals surface area contributed by atoms with E-state index in [4.69, 9.17) is 14.6 Å². The summed E-state index contributed by atoms with van der Waals surface area (Å²) in [5, 5.41) is 1.08. The van der Waals surface area contributed by atoms with E-state index in [0.717, 1.165) is 54.5 Å². The summed E-state index contributed by atoms with van der Waals surface area (Å²) in [5.41, 5.74) is 2.44. The van der Waals surface area contributed by atoms with E-state index in [9.17, 15) is 13.2 Å². The van der Waals surface area contributed by atoms with Crippen LogP contribution in [0.15, 0.2) is 47.4 Å². The van der Waals surface area contributed by atoms with Crippen molar-refractivity contribution in [1.29, 1.82) is 0 Å². The normalized spacial score (nSPS) is 15.2. The van der Waals surface area contributed by atoms with Crippen molar-refractivity contribution in [2.24, 2.45) is 5.92 Å². The van der Waals surface area contributed by atoms with Gasteiger partial charge < -0.3 is 9.30 Å². The molecule has 0 N–H and O–H groups in total. The zero-order valence-electron chi connectivity index (χ0n) is 22.4. The van der Waals surface area contributed by atoms with Crippen molar-refractivity contribution in [3.8, 4) is 0 Å². The number of ether oxygens (including phenoxy) is 1. The molecule has 0 radical (unpaired) electrons. The van der Waals surface area contributed by atoms with Crippen LogP contribution in [-0.4, -0.2) is 63.4 Å². The van der Waals surface area contributed by atoms with Gasteiger partial charge in [0, 0.05) is 44.8 Å². The summed E-state index contributed by atoms with van der Waals surface area (Å²) >= 11 is 0. The third-order valence-corrected chi connectivity index (χ3v) is 8.67. The van der Waals surface area contributed by atoms with Crippen molar-refractivity contribution in [1.82, 2.24) is 14.6 Å². The maximum absolute atomic E-state index is 13.4. The summed E-state index contributed by atoms with van der Waals surface area (Å²) in [6.45, 7) is 8.87. The summed E-state index contributed by atoms with van der Waals surface area (Å²) in [6, 6.07) is 11.4. The molecule has 1 saturated heterocycles. The van der Waals surface area contributed by atoms with E-state index in [0.29, 0.717) is 17.2 Å². The molecule has 1 aliphatic heterocycles. The first kappa shape index (κ1) is 27.1. The molecule has 0 unspecified atom stereocenters. The largest absolute Gasteiger partial charge is 0.381 e. The van der Waals surface area contributed by atoms with Crippen molar-refractivity contribution >= 4 is 32.7 Å². The van der Waals surface area contributed by atoms with E-state index < -0.39 is 10.0 Å². The quantitative estimate of drug-likeness (QED) is 0.426. The number of nitrogens with zero attached hydrogens (tertiary/aromatic N) is 4. The molecule has 0 aliphatic carbocycles. The van der Waals surface area contributed by atoms with Crippen molar-refractivity contribution in [2.45, 2.75) is 50.5 Å². The summed E-state index contributed by atoms with van der Waals surface area (Å²) in [6.07, 6.45) is 2.04. The minimum Gasteiger partial charge on any atom is -0.381 e. The molecule has 0 saturated carbocycles. The van der Waals surface area contributed by atoms with Crippen molar-refractivity contribution in [3.05, 3.63) is 53.9 Å². The molecule has 1 fully saturated rings. The highest BCUT2D eigenvalue weighted by Crippen LogP contribution is 2.32. The molecule has 4 rings (SSSR count). The molecular weight excluding hydrogens is 492 g/mol. The number of amides is 1. The first-order chi connectivity index (χ1) is 17.4. The fraction of sp³-hybridized carbons (Fsp3) is 0.481. The van der Waals surface area contributed by atoms with Crippen molar-refractivity contribution in [2.75, 3.05) is 38.7 Å². The number of rotatable bonds is 7. The van der Waals surface area contributed by atoms with Crippen LogP contribution in [-0.2, 0) is 31.6 Å². The number of anilines is 1. The molecule has 2 aromatic carbocycles. The maximum Gasteiger partial charge on any atom is 0.277 e. The van der Waals surface area contributed by atoms with Crippen LogP contribution in [0.2, 0.25) is 0 Å². The summed E-state index contributed by atoms with van der Waals surface area (Å²) in [5.74, 6) is 1.14. The zero-order chi connectivity index (χ0) is 27.0. The zero-order valence-corrected chi connectivity index (χ0v) is 23.2. The van der Waals surface area contributed by atoms with E-state index >= 15 is 0 Å². The van der Waals surface area contributed by atoms with Gasteiger partial charge in [0.1, 0.15) is 5.82 Å². The minimum absolute atomic E-state index is 0.0899. The molecule has 0 spiro atoms. The van der Waals surface area contributed by atoms with Gasteiger partial charge in [0.05, 0.1) is 28.7 Å². The van der Waals surface area contributed by atoms with Gasteiger partial charge in [-0.1, -0.05) is 20.8 Å². The second-order valence-electron chi connectivity index (χ2n) is 10.5. The molecule has 1 aliphatic rings. The predicted molar refractivity (Wildman–Crippen MR) is 143 cm³/mol. The first-order valence-corrected chi connectivity index (χ1v) is 13.9. The lowest BCUT2D eigenvalue weighted by Crippen LogP contribution is -2.27.